The maximum atomic E-state index is 12.7. The first-order valence-electron chi connectivity index (χ1n) is 6.48. The van der Waals surface area contributed by atoms with Crippen molar-refractivity contribution in [1.82, 2.24) is 9.78 Å². The number of nitrogens with zero attached hydrogens (tertiary/aromatic N) is 2. The van der Waals surface area contributed by atoms with Crippen molar-refractivity contribution in [3.8, 4) is 0 Å². The summed E-state index contributed by atoms with van der Waals surface area (Å²) < 4.78 is 8.26. The third kappa shape index (κ3) is 2.52. The number of hydrogen-bond donors (Lipinski definition) is 0. The first kappa shape index (κ1) is 13.7. The van der Waals surface area contributed by atoms with E-state index in [1.54, 1.807) is 10.9 Å². The first-order chi connectivity index (χ1) is 8.58. The fourth-order valence-electron chi connectivity index (χ4n) is 2.33. The maximum Gasteiger partial charge on any atom is 0.213 e. The normalized spacial score (nSPS) is 24.2. The van der Waals surface area contributed by atoms with E-state index in [4.69, 9.17) is 4.74 Å². The molecule has 4 nitrogen and oxygen atoms in total. The molecule has 0 N–H and O–H groups in total. The molecular formula is C13H19BrN2O2. The molecule has 0 radical (unpaired) electrons. The van der Waals surface area contributed by atoms with Gasteiger partial charge in [0.1, 0.15) is 11.3 Å². The first-order valence-corrected chi connectivity index (χ1v) is 7.28. The summed E-state index contributed by atoms with van der Waals surface area (Å²) in [7, 11) is 0. The van der Waals surface area contributed by atoms with Crippen molar-refractivity contribution < 1.29 is 9.53 Å². The Labute approximate surface area is 116 Å². The van der Waals surface area contributed by atoms with E-state index < -0.39 is 5.60 Å². The standard InChI is InChI=1S/C13H19BrN2O2/c1-3-7-16-11(10(14)9-15-16)12(17)13(2)6-4-5-8-18-13/h9H,3-8H2,1-2H3. The van der Waals surface area contributed by atoms with Gasteiger partial charge in [-0.2, -0.15) is 5.10 Å². The van der Waals surface area contributed by atoms with Crippen LogP contribution in [0.5, 0.6) is 0 Å². The number of ketones is 1. The summed E-state index contributed by atoms with van der Waals surface area (Å²) in [6.45, 7) is 5.39. The van der Waals surface area contributed by atoms with E-state index in [-0.39, 0.29) is 5.78 Å². The Morgan fingerprint density at radius 2 is 2.39 bits per heavy atom. The molecule has 2 rings (SSSR count). The van der Waals surface area contributed by atoms with Gasteiger partial charge in [0.15, 0.2) is 0 Å². The summed E-state index contributed by atoms with van der Waals surface area (Å²) in [4.78, 5) is 12.7. The third-order valence-electron chi connectivity index (χ3n) is 3.39. The number of aromatic nitrogens is 2. The molecule has 1 fully saturated rings. The number of halogens is 1. The van der Waals surface area contributed by atoms with Gasteiger partial charge in [0.25, 0.3) is 0 Å². The zero-order valence-electron chi connectivity index (χ0n) is 10.9. The van der Waals surface area contributed by atoms with Crippen molar-refractivity contribution >= 4 is 21.7 Å². The molecule has 1 aromatic heterocycles. The van der Waals surface area contributed by atoms with Crippen LogP contribution in [0.15, 0.2) is 10.7 Å². The number of hydrogen-bond acceptors (Lipinski definition) is 3. The van der Waals surface area contributed by atoms with Gasteiger partial charge in [-0.3, -0.25) is 9.48 Å². The number of aryl methyl sites for hydroxylation is 1. The van der Waals surface area contributed by atoms with Gasteiger partial charge in [0.05, 0.1) is 10.7 Å². The molecule has 1 saturated heterocycles. The molecule has 0 bridgehead atoms. The van der Waals surface area contributed by atoms with Gasteiger partial charge in [0.2, 0.25) is 5.78 Å². The minimum absolute atomic E-state index is 0.0417. The number of carbonyl (C=O) groups excluding carboxylic acids is 1. The SMILES string of the molecule is CCCn1ncc(Br)c1C(=O)C1(C)CCCCO1. The van der Waals surface area contributed by atoms with E-state index >= 15 is 0 Å². The van der Waals surface area contributed by atoms with Crippen LogP contribution >= 0.6 is 15.9 Å². The van der Waals surface area contributed by atoms with E-state index in [0.29, 0.717) is 12.3 Å². The molecule has 1 unspecified atom stereocenters. The van der Waals surface area contributed by atoms with Crippen molar-refractivity contribution in [2.75, 3.05) is 6.61 Å². The summed E-state index contributed by atoms with van der Waals surface area (Å²) in [6.07, 6.45) is 5.51. The monoisotopic (exact) mass is 314 g/mol. The minimum Gasteiger partial charge on any atom is -0.367 e. The van der Waals surface area contributed by atoms with Gasteiger partial charge in [-0.25, -0.2) is 0 Å². The number of carbonyl (C=O) groups is 1. The molecule has 0 aromatic carbocycles. The largest absolute Gasteiger partial charge is 0.367 e. The van der Waals surface area contributed by atoms with Crippen LogP contribution in [0.25, 0.3) is 0 Å². The lowest BCUT2D eigenvalue weighted by molar-refractivity contribution is -0.0432. The Balaban J connectivity index is 2.29. The number of rotatable bonds is 4. The Kier molecular flexibility index (Phi) is 4.22. The van der Waals surface area contributed by atoms with Crippen LogP contribution in [0.4, 0.5) is 0 Å². The van der Waals surface area contributed by atoms with Gasteiger partial charge in [0, 0.05) is 13.2 Å². The van der Waals surface area contributed by atoms with Crippen LogP contribution < -0.4 is 0 Å². The highest BCUT2D eigenvalue weighted by Crippen LogP contribution is 2.30. The van der Waals surface area contributed by atoms with Crippen LogP contribution in [0.3, 0.4) is 0 Å². The molecule has 1 aromatic rings. The van der Waals surface area contributed by atoms with Crippen LogP contribution in [0.1, 0.15) is 50.0 Å². The van der Waals surface area contributed by atoms with Crippen molar-refractivity contribution in [2.24, 2.45) is 0 Å². The lowest BCUT2D eigenvalue weighted by Gasteiger charge is -2.32. The average molecular weight is 315 g/mol. The Morgan fingerprint density at radius 1 is 1.61 bits per heavy atom. The van der Waals surface area contributed by atoms with E-state index in [1.807, 2.05) is 6.92 Å². The zero-order valence-corrected chi connectivity index (χ0v) is 12.5. The summed E-state index contributed by atoms with van der Waals surface area (Å²) in [5.74, 6) is 0.0417. The molecule has 1 atom stereocenters. The van der Waals surface area contributed by atoms with Crippen molar-refractivity contribution in [3.63, 3.8) is 0 Å². The molecule has 5 heteroatoms. The van der Waals surface area contributed by atoms with Gasteiger partial charge in [-0.05, 0) is 48.5 Å². The summed E-state index contributed by atoms with van der Waals surface area (Å²) in [5.41, 5.74) is -0.0482. The third-order valence-corrected chi connectivity index (χ3v) is 3.97. The molecule has 0 saturated carbocycles. The highest BCUT2D eigenvalue weighted by atomic mass is 79.9. The highest BCUT2D eigenvalue weighted by molar-refractivity contribution is 9.10. The minimum atomic E-state index is -0.688. The summed E-state index contributed by atoms with van der Waals surface area (Å²) >= 11 is 3.42. The van der Waals surface area contributed by atoms with Crippen LogP contribution in [-0.4, -0.2) is 27.8 Å². The molecule has 1 aliphatic heterocycles. The zero-order chi connectivity index (χ0) is 13.2. The quantitative estimate of drug-likeness (QED) is 0.802. The van der Waals surface area contributed by atoms with Crippen LogP contribution in [0, 0.1) is 0 Å². The molecule has 0 spiro atoms. The summed E-state index contributed by atoms with van der Waals surface area (Å²) in [5, 5.41) is 4.25. The van der Waals surface area contributed by atoms with Gasteiger partial charge in [-0.1, -0.05) is 6.92 Å². The topological polar surface area (TPSA) is 44.1 Å². The second-order valence-corrected chi connectivity index (χ2v) is 5.78. The molecule has 100 valence electrons. The van der Waals surface area contributed by atoms with Gasteiger partial charge >= 0.3 is 0 Å². The second-order valence-electron chi connectivity index (χ2n) is 4.93. The van der Waals surface area contributed by atoms with Crippen LogP contribution in [-0.2, 0) is 11.3 Å². The number of ether oxygens (including phenoxy) is 1. The molecule has 0 amide bonds. The fraction of sp³-hybridized carbons (Fsp3) is 0.692. The predicted molar refractivity (Wildman–Crippen MR) is 72.8 cm³/mol. The van der Waals surface area contributed by atoms with Gasteiger partial charge < -0.3 is 4.74 Å². The van der Waals surface area contributed by atoms with Crippen molar-refractivity contribution in [1.29, 1.82) is 0 Å². The van der Waals surface area contributed by atoms with Gasteiger partial charge in [-0.15, -0.1) is 0 Å². The van der Waals surface area contributed by atoms with Crippen molar-refractivity contribution in [3.05, 3.63) is 16.4 Å². The van der Waals surface area contributed by atoms with E-state index in [1.165, 1.54) is 0 Å². The molecule has 1 aliphatic rings. The highest BCUT2D eigenvalue weighted by Gasteiger charge is 2.39. The fourth-order valence-corrected chi connectivity index (χ4v) is 2.81. The van der Waals surface area contributed by atoms with E-state index in [9.17, 15) is 4.79 Å². The second kappa shape index (κ2) is 5.53. The molecular weight excluding hydrogens is 296 g/mol. The Bertz CT molecular complexity index is 436. The Morgan fingerprint density at radius 3 is 3.00 bits per heavy atom. The average Bonchev–Trinajstić information content (AvgIpc) is 2.71. The molecule has 18 heavy (non-hydrogen) atoms. The smallest absolute Gasteiger partial charge is 0.213 e. The van der Waals surface area contributed by atoms with E-state index in [0.717, 1.165) is 36.7 Å². The lowest BCUT2D eigenvalue weighted by atomic mass is 9.90. The Hall–Kier alpha value is -0.680. The van der Waals surface area contributed by atoms with Crippen LogP contribution in [0.2, 0.25) is 0 Å². The lowest BCUT2D eigenvalue weighted by Crippen LogP contribution is -2.42. The predicted octanol–water partition coefficient (Wildman–Crippen LogP) is 3.20. The number of Topliss-reactive ketones (excluding diaryl/α,β-unsaturated/α-hetero) is 1. The van der Waals surface area contributed by atoms with Crippen molar-refractivity contribution in [2.45, 2.75) is 51.7 Å². The summed E-state index contributed by atoms with van der Waals surface area (Å²) in [6, 6.07) is 0. The molecule has 0 aliphatic carbocycles. The van der Waals surface area contributed by atoms with E-state index in [2.05, 4.69) is 28.0 Å². The molecule has 2 heterocycles. The maximum absolute atomic E-state index is 12.7.